The summed E-state index contributed by atoms with van der Waals surface area (Å²) in [6.07, 6.45) is 5.08. The number of halogens is 1. The van der Waals surface area contributed by atoms with Gasteiger partial charge in [0.25, 0.3) is 0 Å². The molecule has 0 aliphatic carbocycles. The smallest absolute Gasteiger partial charge is 0.245 e. The lowest BCUT2D eigenvalue weighted by molar-refractivity contribution is -0.116. The van der Waals surface area contributed by atoms with Gasteiger partial charge in [0.15, 0.2) is 0 Å². The van der Waals surface area contributed by atoms with Crippen molar-refractivity contribution >= 4 is 33.2 Å². The van der Waals surface area contributed by atoms with Crippen molar-refractivity contribution in [3.63, 3.8) is 0 Å². The van der Waals surface area contributed by atoms with E-state index in [1.54, 1.807) is 0 Å². The normalized spacial score (nSPS) is 22.9. The molecule has 1 aromatic rings. The molecule has 19 heavy (non-hydrogen) atoms. The van der Waals surface area contributed by atoms with Crippen LogP contribution in [0.1, 0.15) is 37.3 Å². The van der Waals surface area contributed by atoms with Gasteiger partial charge in [-0.2, -0.15) is 0 Å². The summed E-state index contributed by atoms with van der Waals surface area (Å²) in [7, 11) is 0. The molecule has 1 saturated heterocycles. The molecule has 2 aliphatic rings. The summed E-state index contributed by atoms with van der Waals surface area (Å²) < 4.78 is 1.03. The topological polar surface area (TPSA) is 58.4 Å². The molecule has 1 amide bonds. The van der Waals surface area contributed by atoms with E-state index in [0.717, 1.165) is 34.5 Å². The molecule has 0 spiro atoms. The molecule has 0 saturated carbocycles. The van der Waals surface area contributed by atoms with Gasteiger partial charge < -0.3 is 16.0 Å². The van der Waals surface area contributed by atoms with Crippen LogP contribution in [0.2, 0.25) is 0 Å². The predicted molar refractivity (Wildman–Crippen MR) is 80.4 cm³/mol. The van der Waals surface area contributed by atoms with Gasteiger partial charge in [0.1, 0.15) is 6.04 Å². The second kappa shape index (κ2) is 5.13. The van der Waals surface area contributed by atoms with Gasteiger partial charge in [-0.15, -0.1) is 0 Å². The van der Waals surface area contributed by atoms with Gasteiger partial charge in [-0.25, -0.2) is 0 Å². The molecule has 2 aliphatic heterocycles. The number of rotatable bonds is 1. The van der Waals surface area contributed by atoms with E-state index in [1.807, 2.05) is 6.07 Å². The third-order valence-electron chi connectivity index (χ3n) is 3.94. The first-order chi connectivity index (χ1) is 9.16. The van der Waals surface area contributed by atoms with E-state index in [9.17, 15) is 4.79 Å². The SMILES string of the molecule is NC1C(=O)Nc2cc(N3CCCCCC3)c(Br)cc21. The molecule has 102 valence electrons. The zero-order valence-electron chi connectivity index (χ0n) is 10.8. The minimum Gasteiger partial charge on any atom is -0.371 e. The van der Waals surface area contributed by atoms with Crippen molar-refractivity contribution < 1.29 is 4.79 Å². The van der Waals surface area contributed by atoms with Crippen LogP contribution in [0, 0.1) is 0 Å². The average molecular weight is 324 g/mol. The number of nitrogens with zero attached hydrogens (tertiary/aromatic N) is 1. The summed E-state index contributed by atoms with van der Waals surface area (Å²) in [5.41, 5.74) is 8.77. The molecular weight excluding hydrogens is 306 g/mol. The minimum atomic E-state index is -0.538. The fourth-order valence-electron chi connectivity index (χ4n) is 2.85. The van der Waals surface area contributed by atoms with E-state index in [0.29, 0.717) is 0 Å². The van der Waals surface area contributed by atoms with Gasteiger partial charge in [-0.3, -0.25) is 4.79 Å². The number of anilines is 2. The molecule has 4 nitrogen and oxygen atoms in total. The van der Waals surface area contributed by atoms with Crippen molar-refractivity contribution in [2.75, 3.05) is 23.3 Å². The summed E-state index contributed by atoms with van der Waals surface area (Å²) >= 11 is 3.62. The predicted octanol–water partition coefficient (Wildman–Crippen LogP) is 2.78. The number of amides is 1. The number of nitrogens with two attached hydrogens (primary N) is 1. The van der Waals surface area contributed by atoms with Gasteiger partial charge in [-0.05, 0) is 40.9 Å². The van der Waals surface area contributed by atoms with Gasteiger partial charge in [-0.1, -0.05) is 12.8 Å². The Morgan fingerprint density at radius 2 is 1.89 bits per heavy atom. The molecule has 1 fully saturated rings. The van der Waals surface area contributed by atoms with Crippen molar-refractivity contribution in [3.05, 3.63) is 22.2 Å². The number of fused-ring (bicyclic) bond motifs is 1. The summed E-state index contributed by atoms with van der Waals surface area (Å²) in [6, 6.07) is 3.50. The monoisotopic (exact) mass is 323 g/mol. The number of hydrogen-bond donors (Lipinski definition) is 2. The second-order valence-electron chi connectivity index (χ2n) is 5.26. The Bertz CT molecular complexity index is 510. The van der Waals surface area contributed by atoms with Crippen LogP contribution in [-0.2, 0) is 4.79 Å². The first kappa shape index (κ1) is 12.9. The molecule has 3 rings (SSSR count). The summed E-state index contributed by atoms with van der Waals surface area (Å²) in [5.74, 6) is -0.116. The summed E-state index contributed by atoms with van der Waals surface area (Å²) in [4.78, 5) is 14.0. The van der Waals surface area contributed by atoms with Crippen LogP contribution < -0.4 is 16.0 Å². The fraction of sp³-hybridized carbons (Fsp3) is 0.500. The fourth-order valence-corrected chi connectivity index (χ4v) is 3.46. The lowest BCUT2D eigenvalue weighted by Gasteiger charge is -2.24. The van der Waals surface area contributed by atoms with Crippen LogP contribution in [0.5, 0.6) is 0 Å². The number of carbonyl (C=O) groups excluding carboxylic acids is 1. The number of hydrogen-bond acceptors (Lipinski definition) is 3. The van der Waals surface area contributed by atoms with Crippen LogP contribution in [0.3, 0.4) is 0 Å². The van der Waals surface area contributed by atoms with E-state index in [2.05, 4.69) is 32.2 Å². The van der Waals surface area contributed by atoms with Crippen LogP contribution in [0.15, 0.2) is 16.6 Å². The van der Waals surface area contributed by atoms with E-state index >= 15 is 0 Å². The molecular formula is C14H18BrN3O. The first-order valence-corrected chi connectivity index (χ1v) is 7.61. The molecule has 5 heteroatoms. The lowest BCUT2D eigenvalue weighted by Crippen LogP contribution is -2.24. The zero-order chi connectivity index (χ0) is 13.4. The second-order valence-corrected chi connectivity index (χ2v) is 6.11. The third kappa shape index (κ3) is 2.37. The lowest BCUT2D eigenvalue weighted by atomic mass is 10.1. The maximum Gasteiger partial charge on any atom is 0.245 e. The van der Waals surface area contributed by atoms with Crippen LogP contribution in [-0.4, -0.2) is 19.0 Å². The van der Waals surface area contributed by atoms with Gasteiger partial charge in [0.05, 0.1) is 5.69 Å². The Kier molecular flexibility index (Phi) is 3.50. The highest BCUT2D eigenvalue weighted by Crippen LogP contribution is 2.38. The zero-order valence-corrected chi connectivity index (χ0v) is 12.4. The van der Waals surface area contributed by atoms with Crippen LogP contribution >= 0.6 is 15.9 Å². The Labute approximate surface area is 121 Å². The molecule has 3 N–H and O–H groups in total. The molecule has 0 bridgehead atoms. The maximum atomic E-state index is 11.6. The van der Waals surface area contributed by atoms with E-state index in [1.165, 1.54) is 25.7 Å². The molecule has 1 aromatic carbocycles. The van der Waals surface area contributed by atoms with E-state index in [-0.39, 0.29) is 5.91 Å². The van der Waals surface area contributed by atoms with Gasteiger partial charge >= 0.3 is 0 Å². The van der Waals surface area contributed by atoms with Crippen molar-refractivity contribution in [1.82, 2.24) is 0 Å². The Morgan fingerprint density at radius 3 is 2.58 bits per heavy atom. The van der Waals surface area contributed by atoms with Crippen molar-refractivity contribution in [3.8, 4) is 0 Å². The molecule has 1 unspecified atom stereocenters. The number of benzene rings is 1. The molecule has 1 atom stereocenters. The van der Waals surface area contributed by atoms with Gasteiger partial charge in [0, 0.05) is 28.8 Å². The van der Waals surface area contributed by atoms with Crippen LogP contribution in [0.25, 0.3) is 0 Å². The summed E-state index contributed by atoms with van der Waals surface area (Å²) in [5, 5.41) is 2.86. The Hall–Kier alpha value is -1.07. The molecule has 0 aromatic heterocycles. The number of nitrogens with one attached hydrogen (secondary N) is 1. The standard InChI is InChI=1S/C14H18BrN3O/c15-10-7-9-11(17-14(19)13(9)16)8-12(10)18-5-3-1-2-4-6-18/h7-8,13H,1-6,16H2,(H,17,19). The highest BCUT2D eigenvalue weighted by atomic mass is 79.9. The molecule has 0 radical (unpaired) electrons. The van der Waals surface area contributed by atoms with Crippen molar-refractivity contribution in [1.29, 1.82) is 0 Å². The average Bonchev–Trinajstić information content (AvgIpc) is 2.63. The highest BCUT2D eigenvalue weighted by Gasteiger charge is 2.29. The van der Waals surface area contributed by atoms with E-state index < -0.39 is 6.04 Å². The quantitative estimate of drug-likeness (QED) is 0.835. The largest absolute Gasteiger partial charge is 0.371 e. The summed E-state index contributed by atoms with van der Waals surface area (Å²) in [6.45, 7) is 2.16. The number of carbonyl (C=O) groups is 1. The Morgan fingerprint density at radius 1 is 1.21 bits per heavy atom. The van der Waals surface area contributed by atoms with Crippen molar-refractivity contribution in [2.24, 2.45) is 5.73 Å². The highest BCUT2D eigenvalue weighted by molar-refractivity contribution is 9.10. The first-order valence-electron chi connectivity index (χ1n) is 6.81. The minimum absolute atomic E-state index is 0.116. The third-order valence-corrected chi connectivity index (χ3v) is 4.58. The van der Waals surface area contributed by atoms with Gasteiger partial charge in [0.2, 0.25) is 5.91 Å². The van der Waals surface area contributed by atoms with E-state index in [4.69, 9.17) is 5.73 Å². The van der Waals surface area contributed by atoms with Crippen LogP contribution in [0.4, 0.5) is 11.4 Å². The maximum absolute atomic E-state index is 11.6. The Balaban J connectivity index is 1.95. The molecule has 2 heterocycles. The van der Waals surface area contributed by atoms with Crippen molar-refractivity contribution in [2.45, 2.75) is 31.7 Å².